The number of hydrogen-bond donors (Lipinski definition) is 2. The Morgan fingerprint density at radius 2 is 1.14 bits per heavy atom. The van der Waals surface area contributed by atoms with Crippen molar-refractivity contribution in [1.29, 1.82) is 0 Å². The molecule has 0 bridgehead atoms. The monoisotopic (exact) mass is 205 g/mol. The third-order valence-electron chi connectivity index (χ3n) is 0. The Morgan fingerprint density at radius 3 is 1.14 bits per heavy atom. The van der Waals surface area contributed by atoms with E-state index in [1.807, 2.05) is 0 Å². The Kier molecular flexibility index (Phi) is 11.3. The molecular formula is H2CrMnO4S. The molecule has 0 rings (SSSR count). The predicted octanol–water partition coefficient (Wildman–Crippen LogP) is -0.658. The first-order valence-corrected chi connectivity index (χ1v) is 2.10. The average Bonchev–Trinajstić information content (AvgIpc) is 0.722. The Labute approximate surface area is 62.5 Å². The van der Waals surface area contributed by atoms with E-state index in [0.29, 0.717) is 0 Å². The van der Waals surface area contributed by atoms with Gasteiger partial charge in [0, 0.05) is 34.4 Å². The second-order valence-corrected chi connectivity index (χ2v) is 1.34. The van der Waals surface area contributed by atoms with Crippen LogP contribution in [0.4, 0.5) is 0 Å². The first kappa shape index (κ1) is 15.7. The van der Waals surface area contributed by atoms with E-state index >= 15 is 0 Å². The summed E-state index contributed by atoms with van der Waals surface area (Å²) in [6, 6.07) is 0. The summed E-state index contributed by atoms with van der Waals surface area (Å²) < 4.78 is 31.6. The van der Waals surface area contributed by atoms with Gasteiger partial charge in [0.15, 0.2) is 0 Å². The molecule has 0 aliphatic heterocycles. The fourth-order valence-electron chi connectivity index (χ4n) is 0. The summed E-state index contributed by atoms with van der Waals surface area (Å²) in [6.45, 7) is 0. The second kappa shape index (κ2) is 5.07. The van der Waals surface area contributed by atoms with Crippen molar-refractivity contribution in [1.82, 2.24) is 0 Å². The van der Waals surface area contributed by atoms with Crippen LogP contribution in [-0.2, 0) is 44.8 Å². The Balaban J connectivity index is -0.0000000800. The van der Waals surface area contributed by atoms with Crippen LogP contribution in [0.15, 0.2) is 0 Å². The first-order valence-electron chi connectivity index (χ1n) is 0.698. The van der Waals surface area contributed by atoms with Crippen LogP contribution in [0.2, 0.25) is 0 Å². The van der Waals surface area contributed by atoms with E-state index in [4.69, 9.17) is 17.5 Å². The molecular weight excluding hydrogens is 203 g/mol. The summed E-state index contributed by atoms with van der Waals surface area (Å²) in [5.74, 6) is 0. The molecule has 4 nitrogen and oxygen atoms in total. The average molecular weight is 205 g/mol. The van der Waals surface area contributed by atoms with Gasteiger partial charge in [-0.1, -0.05) is 0 Å². The van der Waals surface area contributed by atoms with E-state index in [9.17, 15) is 0 Å². The molecule has 0 spiro atoms. The molecule has 0 aliphatic rings. The molecule has 0 aromatic carbocycles. The standard InChI is InChI=1S/Cr.Mn.H2O4S/c;;1-5(2,3)4/h;;(H2,1,2,3,4). The summed E-state index contributed by atoms with van der Waals surface area (Å²) in [5, 5.41) is 0. The van der Waals surface area contributed by atoms with Gasteiger partial charge in [0.1, 0.15) is 0 Å². The number of hydrogen-bond acceptors (Lipinski definition) is 2. The minimum Gasteiger partial charge on any atom is -0.264 e. The maximum absolute atomic E-state index is 8.74. The second-order valence-electron chi connectivity index (χ2n) is 0.448. The van der Waals surface area contributed by atoms with Crippen LogP contribution in [0.5, 0.6) is 0 Å². The topological polar surface area (TPSA) is 74.6 Å². The van der Waals surface area contributed by atoms with Crippen LogP contribution < -0.4 is 0 Å². The molecule has 0 amide bonds. The van der Waals surface area contributed by atoms with Gasteiger partial charge in [-0.2, -0.15) is 8.42 Å². The van der Waals surface area contributed by atoms with E-state index in [0.717, 1.165) is 0 Å². The Bertz CT molecular complexity index is 94.9. The molecule has 0 saturated heterocycles. The molecule has 1 radical (unpaired) electrons. The maximum Gasteiger partial charge on any atom is 0.394 e. The Hall–Kier alpha value is 0.922. The normalized spacial score (nSPS) is 8.29. The Morgan fingerprint density at radius 1 is 1.14 bits per heavy atom. The summed E-state index contributed by atoms with van der Waals surface area (Å²) >= 11 is 0. The zero-order valence-corrected chi connectivity index (χ0v) is 6.18. The minimum absolute atomic E-state index is 0. The maximum atomic E-state index is 8.74. The van der Waals surface area contributed by atoms with Crippen molar-refractivity contribution in [3.05, 3.63) is 0 Å². The van der Waals surface area contributed by atoms with Gasteiger partial charge in [0.25, 0.3) is 0 Å². The van der Waals surface area contributed by atoms with Crippen LogP contribution in [0.3, 0.4) is 0 Å². The predicted molar refractivity (Wildman–Crippen MR) is 14.2 cm³/mol. The summed E-state index contributed by atoms with van der Waals surface area (Å²) in [5.41, 5.74) is 0. The third-order valence-corrected chi connectivity index (χ3v) is 0. The molecule has 0 aromatic rings. The molecule has 0 saturated carbocycles. The fraction of sp³-hybridized carbons (Fsp3) is 0. The minimum atomic E-state index is -4.67. The zero-order valence-electron chi connectivity index (χ0n) is 2.91. The van der Waals surface area contributed by atoms with Crippen molar-refractivity contribution in [3.63, 3.8) is 0 Å². The fourth-order valence-corrected chi connectivity index (χ4v) is 0. The smallest absolute Gasteiger partial charge is 0.264 e. The zero-order chi connectivity index (χ0) is 4.50. The quantitative estimate of drug-likeness (QED) is 0.406. The van der Waals surface area contributed by atoms with Crippen molar-refractivity contribution in [2.24, 2.45) is 0 Å². The molecule has 0 aliphatic carbocycles. The van der Waals surface area contributed by atoms with Gasteiger partial charge in [0.05, 0.1) is 0 Å². The largest absolute Gasteiger partial charge is 0.394 e. The molecule has 0 fully saturated rings. The molecule has 2 N–H and O–H groups in total. The molecule has 45 valence electrons. The van der Waals surface area contributed by atoms with Crippen molar-refractivity contribution in [2.45, 2.75) is 0 Å². The first-order chi connectivity index (χ1) is 2.00. The van der Waals surface area contributed by atoms with Crippen molar-refractivity contribution >= 4 is 10.4 Å². The van der Waals surface area contributed by atoms with E-state index in [-0.39, 0.29) is 34.4 Å². The van der Waals surface area contributed by atoms with E-state index in [1.165, 1.54) is 0 Å². The van der Waals surface area contributed by atoms with Gasteiger partial charge >= 0.3 is 10.4 Å². The molecule has 7 heteroatoms. The van der Waals surface area contributed by atoms with Crippen LogP contribution in [0.25, 0.3) is 0 Å². The molecule has 7 heavy (non-hydrogen) atoms. The van der Waals surface area contributed by atoms with Gasteiger partial charge in [-0.05, 0) is 0 Å². The van der Waals surface area contributed by atoms with Gasteiger partial charge < -0.3 is 0 Å². The molecule has 0 atom stereocenters. The van der Waals surface area contributed by atoms with Crippen molar-refractivity contribution in [3.8, 4) is 0 Å². The van der Waals surface area contributed by atoms with E-state index in [1.54, 1.807) is 0 Å². The molecule has 0 unspecified atom stereocenters. The summed E-state index contributed by atoms with van der Waals surface area (Å²) in [4.78, 5) is 0. The summed E-state index contributed by atoms with van der Waals surface area (Å²) in [6.07, 6.45) is 0. The number of rotatable bonds is 0. The molecule has 0 heterocycles. The molecule has 0 aromatic heterocycles. The van der Waals surface area contributed by atoms with Crippen LogP contribution in [0, 0.1) is 0 Å². The van der Waals surface area contributed by atoms with Gasteiger partial charge in [0.2, 0.25) is 0 Å². The SMILES string of the molecule is O=S(=O)(O)O.[Cr].[Mn]. The van der Waals surface area contributed by atoms with Crippen molar-refractivity contribution < 1.29 is 52.0 Å². The third kappa shape index (κ3) is 197. The van der Waals surface area contributed by atoms with Gasteiger partial charge in [-0.3, -0.25) is 9.11 Å². The van der Waals surface area contributed by atoms with Crippen molar-refractivity contribution in [2.75, 3.05) is 0 Å². The van der Waals surface area contributed by atoms with Gasteiger partial charge in [-0.15, -0.1) is 0 Å². The van der Waals surface area contributed by atoms with Crippen LogP contribution in [0.1, 0.15) is 0 Å². The van der Waals surface area contributed by atoms with Gasteiger partial charge in [-0.25, -0.2) is 0 Å². The van der Waals surface area contributed by atoms with E-state index in [2.05, 4.69) is 0 Å². The van der Waals surface area contributed by atoms with Crippen LogP contribution in [-0.4, -0.2) is 17.5 Å². The summed E-state index contributed by atoms with van der Waals surface area (Å²) in [7, 11) is -4.67. The van der Waals surface area contributed by atoms with E-state index < -0.39 is 10.4 Å². The van der Waals surface area contributed by atoms with Crippen LogP contribution >= 0.6 is 0 Å².